The summed E-state index contributed by atoms with van der Waals surface area (Å²) in [7, 11) is -1.95. The average molecular weight is 133 g/mol. The van der Waals surface area contributed by atoms with Gasteiger partial charge >= 0.3 is 9.28 Å². The molecule has 0 aromatic heterocycles. The van der Waals surface area contributed by atoms with Crippen molar-refractivity contribution in [1.82, 2.24) is 0 Å². The van der Waals surface area contributed by atoms with Crippen LogP contribution in [0.15, 0.2) is 0 Å². The fourth-order valence-electron chi connectivity index (χ4n) is 0.394. The van der Waals surface area contributed by atoms with Crippen LogP contribution < -0.4 is 0 Å². The molecule has 0 amide bonds. The van der Waals surface area contributed by atoms with Crippen LogP contribution in [0, 0.1) is 0 Å². The van der Waals surface area contributed by atoms with E-state index in [-0.39, 0.29) is 0 Å². The number of hydrogen-bond donors (Lipinski definition) is 0. The Labute approximate surface area is 52.3 Å². The zero-order valence-electron chi connectivity index (χ0n) is 5.52. The van der Waals surface area contributed by atoms with E-state index in [4.69, 9.17) is 4.43 Å². The molecule has 0 spiro atoms. The Morgan fingerprint density at radius 2 is 2.25 bits per heavy atom. The minimum Gasteiger partial charge on any atom is -0.395 e. The molecule has 0 rings (SSSR count). The van der Waals surface area contributed by atoms with E-state index in [1.165, 1.54) is 0 Å². The zero-order chi connectivity index (χ0) is 6.41. The van der Waals surface area contributed by atoms with Crippen LogP contribution in [0.3, 0.4) is 0 Å². The molecule has 0 saturated heterocycles. The molecule has 0 fully saturated rings. The van der Waals surface area contributed by atoms with Crippen LogP contribution in [0.5, 0.6) is 0 Å². The second-order valence-corrected chi connectivity index (χ2v) is 3.26. The third kappa shape index (κ3) is 6.14. The summed E-state index contributed by atoms with van der Waals surface area (Å²) < 4.78 is 4.87. The molecule has 1 unspecified atom stereocenters. The first kappa shape index (κ1) is 8.14. The molecule has 2 nitrogen and oxygen atoms in total. The van der Waals surface area contributed by atoms with Crippen molar-refractivity contribution in [3.8, 4) is 0 Å². The lowest BCUT2D eigenvalue weighted by Crippen LogP contribution is -2.10. The van der Waals surface area contributed by atoms with E-state index in [0.29, 0.717) is 6.61 Å². The molecule has 0 heterocycles. The van der Waals surface area contributed by atoms with Gasteiger partial charge in [-0.1, -0.05) is 13.3 Å². The summed E-state index contributed by atoms with van der Waals surface area (Å²) in [4.78, 5) is 10.3. The van der Waals surface area contributed by atoms with E-state index in [2.05, 4.69) is 6.92 Å². The SMILES string of the molecule is CCCCO[SiH](C)[O]. The molecule has 0 aromatic carbocycles. The molecule has 8 heavy (non-hydrogen) atoms. The van der Waals surface area contributed by atoms with Gasteiger partial charge in [0.25, 0.3) is 0 Å². The van der Waals surface area contributed by atoms with Gasteiger partial charge < -0.3 is 4.43 Å². The Morgan fingerprint density at radius 1 is 1.62 bits per heavy atom. The summed E-state index contributed by atoms with van der Waals surface area (Å²) in [5.41, 5.74) is 0. The minimum atomic E-state index is -1.95. The third-order valence-electron chi connectivity index (χ3n) is 0.850. The van der Waals surface area contributed by atoms with Gasteiger partial charge in [0.05, 0.1) is 0 Å². The smallest absolute Gasteiger partial charge is 0.355 e. The van der Waals surface area contributed by atoms with Gasteiger partial charge in [0.15, 0.2) is 0 Å². The predicted molar refractivity (Wildman–Crippen MR) is 34.6 cm³/mol. The van der Waals surface area contributed by atoms with Crippen LogP contribution >= 0.6 is 0 Å². The second kappa shape index (κ2) is 5.28. The number of unbranched alkanes of at least 4 members (excludes halogenated alkanes) is 1. The van der Waals surface area contributed by atoms with Crippen LogP contribution in [0.1, 0.15) is 19.8 Å². The topological polar surface area (TPSA) is 29.1 Å². The Balaban J connectivity index is 2.72. The van der Waals surface area contributed by atoms with Gasteiger partial charge in [-0.2, -0.15) is 0 Å². The molecule has 0 aromatic rings. The Bertz CT molecular complexity index is 47.7. The monoisotopic (exact) mass is 133 g/mol. The van der Waals surface area contributed by atoms with Crippen LogP contribution in [0.2, 0.25) is 6.55 Å². The fourth-order valence-corrected chi connectivity index (χ4v) is 0.892. The molecule has 0 saturated carbocycles. The van der Waals surface area contributed by atoms with Crippen molar-refractivity contribution in [2.75, 3.05) is 6.61 Å². The van der Waals surface area contributed by atoms with Crippen molar-refractivity contribution in [2.24, 2.45) is 0 Å². The second-order valence-electron chi connectivity index (χ2n) is 1.79. The van der Waals surface area contributed by atoms with Gasteiger partial charge in [-0.3, -0.25) is 4.80 Å². The maximum atomic E-state index is 10.3. The molecular formula is C5H13O2Si. The van der Waals surface area contributed by atoms with Crippen LogP contribution in [0.4, 0.5) is 0 Å². The van der Waals surface area contributed by atoms with Crippen molar-refractivity contribution in [2.45, 2.75) is 26.3 Å². The molecule has 0 bridgehead atoms. The quantitative estimate of drug-likeness (QED) is 0.417. The van der Waals surface area contributed by atoms with Gasteiger partial charge in [-0.15, -0.1) is 0 Å². The fraction of sp³-hybridized carbons (Fsp3) is 1.00. The van der Waals surface area contributed by atoms with E-state index in [0.717, 1.165) is 12.8 Å². The van der Waals surface area contributed by atoms with Gasteiger partial charge in [0.1, 0.15) is 0 Å². The maximum absolute atomic E-state index is 10.3. The summed E-state index contributed by atoms with van der Waals surface area (Å²) in [6.45, 7) is 4.41. The molecule has 0 aliphatic rings. The van der Waals surface area contributed by atoms with E-state index in [1.807, 2.05) is 0 Å². The van der Waals surface area contributed by atoms with E-state index in [1.54, 1.807) is 6.55 Å². The lowest BCUT2D eigenvalue weighted by molar-refractivity contribution is 0.231. The predicted octanol–water partition coefficient (Wildman–Crippen LogP) is 1.08. The number of rotatable bonds is 4. The Hall–Kier alpha value is 0.137. The highest BCUT2D eigenvalue weighted by atomic mass is 28.3. The first-order valence-electron chi connectivity index (χ1n) is 3.04. The van der Waals surface area contributed by atoms with E-state index in [9.17, 15) is 4.80 Å². The highest BCUT2D eigenvalue weighted by Gasteiger charge is 1.97. The van der Waals surface area contributed by atoms with E-state index >= 15 is 0 Å². The van der Waals surface area contributed by atoms with Crippen LogP contribution in [0.25, 0.3) is 0 Å². The molecular weight excluding hydrogens is 120 g/mol. The molecule has 0 aliphatic heterocycles. The van der Waals surface area contributed by atoms with Crippen LogP contribution in [-0.2, 0) is 9.22 Å². The lowest BCUT2D eigenvalue weighted by Gasteiger charge is -1.99. The highest BCUT2D eigenvalue weighted by Crippen LogP contribution is 1.88. The first-order chi connectivity index (χ1) is 3.77. The lowest BCUT2D eigenvalue weighted by atomic mass is 10.4. The summed E-state index contributed by atoms with van der Waals surface area (Å²) in [6, 6.07) is 0. The summed E-state index contributed by atoms with van der Waals surface area (Å²) in [5, 5.41) is 0. The van der Waals surface area contributed by atoms with Crippen molar-refractivity contribution in [1.29, 1.82) is 0 Å². The molecule has 1 radical (unpaired) electrons. The first-order valence-corrected chi connectivity index (χ1v) is 5.14. The third-order valence-corrected chi connectivity index (χ3v) is 1.56. The van der Waals surface area contributed by atoms with E-state index < -0.39 is 9.28 Å². The molecule has 0 aliphatic carbocycles. The summed E-state index contributed by atoms with van der Waals surface area (Å²) in [5.74, 6) is 0. The molecule has 49 valence electrons. The van der Waals surface area contributed by atoms with Crippen LogP contribution in [-0.4, -0.2) is 15.9 Å². The molecule has 3 heteroatoms. The van der Waals surface area contributed by atoms with Gasteiger partial charge in [0, 0.05) is 6.61 Å². The summed E-state index contributed by atoms with van der Waals surface area (Å²) in [6.07, 6.45) is 2.14. The Kier molecular flexibility index (Phi) is 5.37. The maximum Gasteiger partial charge on any atom is 0.355 e. The van der Waals surface area contributed by atoms with Gasteiger partial charge in [-0.05, 0) is 13.0 Å². The van der Waals surface area contributed by atoms with Crippen molar-refractivity contribution in [3.63, 3.8) is 0 Å². The van der Waals surface area contributed by atoms with Gasteiger partial charge in [0.2, 0.25) is 0 Å². The highest BCUT2D eigenvalue weighted by molar-refractivity contribution is 6.40. The average Bonchev–Trinajstić information content (AvgIpc) is 1.66. The minimum absolute atomic E-state index is 0.674. The number of hydrogen-bond acceptors (Lipinski definition) is 1. The molecule has 0 N–H and O–H groups in total. The van der Waals surface area contributed by atoms with Crippen molar-refractivity contribution in [3.05, 3.63) is 0 Å². The van der Waals surface area contributed by atoms with Gasteiger partial charge in [-0.25, -0.2) is 0 Å². The molecule has 1 atom stereocenters. The largest absolute Gasteiger partial charge is 0.395 e. The van der Waals surface area contributed by atoms with Crippen molar-refractivity contribution >= 4 is 9.28 Å². The standard InChI is InChI=1S/C5H13O2Si/c1-3-4-5-7-8(2)6/h8H,3-5H2,1-2H3. The summed E-state index contributed by atoms with van der Waals surface area (Å²) >= 11 is 0. The van der Waals surface area contributed by atoms with Crippen molar-refractivity contribution < 1.29 is 9.22 Å². The normalized spacial score (nSPS) is 13.9. The Morgan fingerprint density at radius 3 is 2.62 bits per heavy atom. The zero-order valence-corrected chi connectivity index (χ0v) is 6.67.